The van der Waals surface area contributed by atoms with Crippen molar-refractivity contribution >= 4 is 0 Å². The maximum absolute atomic E-state index is 13.8. The Bertz CT molecular complexity index is 665. The molecule has 7 heteroatoms. The number of hydrogen-bond donors (Lipinski definition) is 0. The van der Waals surface area contributed by atoms with Gasteiger partial charge in [-0.05, 0) is 18.2 Å². The van der Waals surface area contributed by atoms with Crippen LogP contribution in [0.4, 0.5) is 22.0 Å². The fourth-order valence-corrected chi connectivity index (χ4v) is 1.89. The van der Waals surface area contributed by atoms with E-state index in [2.05, 4.69) is 5.10 Å². The van der Waals surface area contributed by atoms with Crippen LogP contribution >= 0.6 is 0 Å². The predicted octanol–water partition coefficient (Wildman–Crippen LogP) is 4.47. The Kier molecular flexibility index (Phi) is 3.55. The van der Waals surface area contributed by atoms with E-state index in [4.69, 9.17) is 0 Å². The maximum atomic E-state index is 13.8. The SMILES string of the molecule is CC(C)(C)c1cc(C(F)(F)F)nn1-c1ccc(F)cc1F. The van der Waals surface area contributed by atoms with Gasteiger partial charge in [-0.1, -0.05) is 20.8 Å². The van der Waals surface area contributed by atoms with E-state index >= 15 is 0 Å². The molecule has 1 aromatic carbocycles. The quantitative estimate of drug-likeness (QED) is 0.711. The van der Waals surface area contributed by atoms with Crippen molar-refractivity contribution in [1.29, 1.82) is 0 Å². The second kappa shape index (κ2) is 4.82. The van der Waals surface area contributed by atoms with Crippen molar-refractivity contribution in [2.75, 3.05) is 0 Å². The first-order chi connectivity index (χ1) is 9.50. The molecule has 1 heterocycles. The van der Waals surface area contributed by atoms with Gasteiger partial charge in [-0.15, -0.1) is 0 Å². The molecule has 0 aliphatic carbocycles. The van der Waals surface area contributed by atoms with Crippen molar-refractivity contribution in [2.45, 2.75) is 32.4 Å². The third kappa shape index (κ3) is 3.06. The summed E-state index contributed by atoms with van der Waals surface area (Å²) in [5.74, 6) is -1.78. The van der Waals surface area contributed by atoms with E-state index in [0.717, 1.165) is 22.9 Å². The van der Waals surface area contributed by atoms with Crippen LogP contribution in [0.3, 0.4) is 0 Å². The van der Waals surface area contributed by atoms with Crippen molar-refractivity contribution in [2.24, 2.45) is 0 Å². The van der Waals surface area contributed by atoms with Crippen LogP contribution in [0.1, 0.15) is 32.2 Å². The molecule has 2 nitrogen and oxygen atoms in total. The smallest absolute Gasteiger partial charge is 0.234 e. The summed E-state index contributed by atoms with van der Waals surface area (Å²) in [5, 5.41) is 3.44. The fourth-order valence-electron chi connectivity index (χ4n) is 1.89. The zero-order chi connectivity index (χ0) is 16.0. The summed E-state index contributed by atoms with van der Waals surface area (Å²) in [5.41, 5.74) is -1.86. The number of alkyl halides is 3. The van der Waals surface area contributed by atoms with E-state index in [9.17, 15) is 22.0 Å². The second-order valence-electron chi connectivity index (χ2n) is 5.67. The monoisotopic (exact) mass is 304 g/mol. The average molecular weight is 304 g/mol. The molecule has 0 aliphatic heterocycles. The summed E-state index contributed by atoms with van der Waals surface area (Å²) in [6, 6.07) is 3.52. The molecule has 0 amide bonds. The van der Waals surface area contributed by atoms with Gasteiger partial charge in [0.25, 0.3) is 0 Å². The third-order valence-corrected chi connectivity index (χ3v) is 2.91. The van der Waals surface area contributed by atoms with Crippen molar-refractivity contribution in [3.8, 4) is 5.69 Å². The number of benzene rings is 1. The Morgan fingerprint density at radius 3 is 2.10 bits per heavy atom. The highest BCUT2D eigenvalue weighted by molar-refractivity contribution is 5.37. The molecule has 0 fully saturated rings. The van der Waals surface area contributed by atoms with Gasteiger partial charge in [-0.2, -0.15) is 18.3 Å². The number of halogens is 5. The van der Waals surface area contributed by atoms with Crippen LogP contribution in [0.2, 0.25) is 0 Å². The van der Waals surface area contributed by atoms with E-state index in [0.29, 0.717) is 6.07 Å². The summed E-state index contributed by atoms with van der Waals surface area (Å²) in [4.78, 5) is 0. The van der Waals surface area contributed by atoms with Crippen LogP contribution in [-0.4, -0.2) is 9.78 Å². The topological polar surface area (TPSA) is 17.8 Å². The van der Waals surface area contributed by atoms with Crippen LogP contribution in [0, 0.1) is 11.6 Å². The van der Waals surface area contributed by atoms with E-state index in [-0.39, 0.29) is 11.4 Å². The zero-order valence-corrected chi connectivity index (χ0v) is 11.6. The number of hydrogen-bond acceptors (Lipinski definition) is 1. The Hall–Kier alpha value is -1.92. The van der Waals surface area contributed by atoms with Crippen LogP contribution in [0.15, 0.2) is 24.3 Å². The molecule has 0 saturated heterocycles. The third-order valence-electron chi connectivity index (χ3n) is 2.91. The lowest BCUT2D eigenvalue weighted by Crippen LogP contribution is -2.18. The molecule has 0 radical (unpaired) electrons. The number of rotatable bonds is 1. The van der Waals surface area contributed by atoms with Crippen LogP contribution < -0.4 is 0 Å². The van der Waals surface area contributed by atoms with E-state index < -0.39 is 28.9 Å². The molecular weight excluding hydrogens is 291 g/mol. The maximum Gasteiger partial charge on any atom is 0.435 e. The molecule has 0 saturated carbocycles. The van der Waals surface area contributed by atoms with Crippen LogP contribution in [0.5, 0.6) is 0 Å². The minimum atomic E-state index is -4.64. The molecule has 2 rings (SSSR count). The van der Waals surface area contributed by atoms with Crippen molar-refractivity contribution in [3.63, 3.8) is 0 Å². The van der Waals surface area contributed by atoms with Gasteiger partial charge in [0.1, 0.15) is 11.5 Å². The number of nitrogens with zero attached hydrogens (tertiary/aromatic N) is 2. The lowest BCUT2D eigenvalue weighted by Gasteiger charge is -2.20. The first kappa shape index (κ1) is 15.5. The summed E-state index contributed by atoms with van der Waals surface area (Å²) < 4.78 is 66.1. The largest absolute Gasteiger partial charge is 0.435 e. The van der Waals surface area contributed by atoms with Crippen LogP contribution in [0.25, 0.3) is 5.69 Å². The standard InChI is InChI=1S/C14H13F5N2/c1-13(2,3)12-7-11(14(17,18)19)20-21(12)10-5-4-8(15)6-9(10)16/h4-7H,1-3H3. The molecule has 0 spiro atoms. The van der Waals surface area contributed by atoms with Gasteiger partial charge >= 0.3 is 6.18 Å². The van der Waals surface area contributed by atoms with Crippen molar-refractivity contribution in [1.82, 2.24) is 9.78 Å². The van der Waals surface area contributed by atoms with Gasteiger partial charge in [0, 0.05) is 11.5 Å². The molecule has 114 valence electrons. The predicted molar refractivity (Wildman–Crippen MR) is 67.2 cm³/mol. The van der Waals surface area contributed by atoms with Gasteiger partial charge in [-0.3, -0.25) is 0 Å². The number of aromatic nitrogens is 2. The molecule has 0 atom stereocenters. The average Bonchev–Trinajstić information content (AvgIpc) is 2.72. The Balaban J connectivity index is 2.69. The Morgan fingerprint density at radius 2 is 1.62 bits per heavy atom. The zero-order valence-electron chi connectivity index (χ0n) is 11.6. The lowest BCUT2D eigenvalue weighted by atomic mass is 9.91. The molecule has 2 aromatic rings. The molecular formula is C14H13F5N2. The highest BCUT2D eigenvalue weighted by Crippen LogP contribution is 2.34. The molecule has 0 N–H and O–H groups in total. The first-order valence-corrected chi connectivity index (χ1v) is 6.13. The summed E-state index contributed by atoms with van der Waals surface area (Å²) in [7, 11) is 0. The molecule has 0 bridgehead atoms. The summed E-state index contributed by atoms with van der Waals surface area (Å²) in [6.45, 7) is 5.05. The van der Waals surface area contributed by atoms with Gasteiger partial charge < -0.3 is 0 Å². The Morgan fingerprint density at radius 1 is 1.00 bits per heavy atom. The molecule has 21 heavy (non-hydrogen) atoms. The van der Waals surface area contributed by atoms with Crippen molar-refractivity contribution < 1.29 is 22.0 Å². The molecule has 0 aliphatic rings. The van der Waals surface area contributed by atoms with E-state index in [1.165, 1.54) is 0 Å². The highest BCUT2D eigenvalue weighted by atomic mass is 19.4. The first-order valence-electron chi connectivity index (χ1n) is 6.13. The Labute approximate surface area is 118 Å². The van der Waals surface area contributed by atoms with Crippen molar-refractivity contribution in [3.05, 3.63) is 47.3 Å². The van der Waals surface area contributed by atoms with E-state index in [1.807, 2.05) is 0 Å². The van der Waals surface area contributed by atoms with E-state index in [1.54, 1.807) is 20.8 Å². The summed E-state index contributed by atoms with van der Waals surface area (Å²) in [6.07, 6.45) is -4.64. The van der Waals surface area contributed by atoms with Crippen LogP contribution in [-0.2, 0) is 11.6 Å². The molecule has 1 aromatic heterocycles. The fraction of sp³-hybridized carbons (Fsp3) is 0.357. The summed E-state index contributed by atoms with van der Waals surface area (Å²) >= 11 is 0. The molecule has 0 unspecified atom stereocenters. The van der Waals surface area contributed by atoms with Gasteiger partial charge in [0.2, 0.25) is 0 Å². The van der Waals surface area contributed by atoms with Gasteiger partial charge in [0.05, 0.1) is 5.69 Å². The lowest BCUT2D eigenvalue weighted by molar-refractivity contribution is -0.141. The minimum absolute atomic E-state index is 0.181. The minimum Gasteiger partial charge on any atom is -0.234 e. The highest BCUT2D eigenvalue weighted by Gasteiger charge is 2.37. The van der Waals surface area contributed by atoms with Gasteiger partial charge in [-0.25, -0.2) is 13.5 Å². The van der Waals surface area contributed by atoms with Gasteiger partial charge in [0.15, 0.2) is 11.5 Å². The normalized spacial score (nSPS) is 12.8. The second-order valence-corrected chi connectivity index (χ2v) is 5.67.